The number of methoxy groups -OCH3 is 1. The largest absolute Gasteiger partial charge is 0.367 e. The molecule has 5 nitrogen and oxygen atoms in total. The lowest BCUT2D eigenvalue weighted by atomic mass is 10.1. The number of amides is 2. The molecular formula is C17H17ClN2O3. The van der Waals surface area contributed by atoms with Gasteiger partial charge in [-0.3, -0.25) is 9.59 Å². The summed E-state index contributed by atoms with van der Waals surface area (Å²) >= 11 is 5.97. The quantitative estimate of drug-likeness (QED) is 0.878. The predicted octanol–water partition coefficient (Wildman–Crippen LogP) is 3.62. The van der Waals surface area contributed by atoms with Gasteiger partial charge in [-0.1, -0.05) is 41.9 Å². The van der Waals surface area contributed by atoms with Crippen molar-refractivity contribution in [3.8, 4) is 0 Å². The first-order valence-corrected chi connectivity index (χ1v) is 7.35. The fraction of sp³-hybridized carbons (Fsp3) is 0.176. The van der Waals surface area contributed by atoms with Crippen molar-refractivity contribution < 1.29 is 14.3 Å². The topological polar surface area (TPSA) is 67.4 Å². The Hall–Kier alpha value is -2.37. The second kappa shape index (κ2) is 7.76. The molecule has 0 radical (unpaired) electrons. The highest BCUT2D eigenvalue weighted by atomic mass is 35.5. The number of halogens is 1. The van der Waals surface area contributed by atoms with E-state index in [9.17, 15) is 9.59 Å². The maximum Gasteiger partial charge on any atom is 0.258 e. The van der Waals surface area contributed by atoms with Crippen molar-refractivity contribution in [2.24, 2.45) is 0 Å². The Kier molecular flexibility index (Phi) is 5.73. The van der Waals surface area contributed by atoms with Crippen LogP contribution in [0, 0.1) is 0 Å². The highest BCUT2D eigenvalue weighted by Gasteiger charge is 2.21. The molecule has 0 aliphatic heterocycles. The lowest BCUT2D eigenvalue weighted by Gasteiger charge is -2.17. The van der Waals surface area contributed by atoms with Crippen molar-refractivity contribution in [2.45, 2.75) is 13.0 Å². The minimum atomic E-state index is -0.764. The van der Waals surface area contributed by atoms with E-state index in [1.807, 2.05) is 18.2 Å². The van der Waals surface area contributed by atoms with E-state index in [0.29, 0.717) is 16.4 Å². The third-order valence-electron chi connectivity index (χ3n) is 3.13. The normalized spacial score (nSPS) is 11.6. The minimum Gasteiger partial charge on any atom is -0.367 e. The summed E-state index contributed by atoms with van der Waals surface area (Å²) in [6.07, 6.45) is -0.764. The molecule has 2 N–H and O–H groups in total. The average molecular weight is 333 g/mol. The summed E-state index contributed by atoms with van der Waals surface area (Å²) in [5.41, 5.74) is 1.62. The molecule has 0 bridgehead atoms. The lowest BCUT2D eigenvalue weighted by molar-refractivity contribution is -0.126. The van der Waals surface area contributed by atoms with Crippen molar-refractivity contribution in [2.75, 3.05) is 17.7 Å². The summed E-state index contributed by atoms with van der Waals surface area (Å²) in [5, 5.41) is 5.84. The third kappa shape index (κ3) is 4.55. The molecule has 0 saturated heterocycles. The van der Waals surface area contributed by atoms with E-state index >= 15 is 0 Å². The zero-order chi connectivity index (χ0) is 16.8. The van der Waals surface area contributed by atoms with Crippen LogP contribution in [0.15, 0.2) is 48.5 Å². The summed E-state index contributed by atoms with van der Waals surface area (Å²) in [6.45, 7) is 1.39. The van der Waals surface area contributed by atoms with Gasteiger partial charge in [0, 0.05) is 19.1 Å². The number of anilines is 2. The van der Waals surface area contributed by atoms with Crippen LogP contribution in [0.5, 0.6) is 0 Å². The summed E-state index contributed by atoms with van der Waals surface area (Å²) in [5.74, 6) is -0.596. The molecule has 0 spiro atoms. The van der Waals surface area contributed by atoms with Crippen molar-refractivity contribution in [1.29, 1.82) is 0 Å². The summed E-state index contributed by atoms with van der Waals surface area (Å²) in [6, 6.07) is 14.0. The van der Waals surface area contributed by atoms with Gasteiger partial charge in [0.05, 0.1) is 11.4 Å². The molecule has 6 heteroatoms. The van der Waals surface area contributed by atoms with Crippen LogP contribution in [-0.2, 0) is 14.3 Å². The van der Waals surface area contributed by atoms with Gasteiger partial charge in [0.15, 0.2) is 6.10 Å². The van der Waals surface area contributed by atoms with Gasteiger partial charge in [0.1, 0.15) is 0 Å². The highest BCUT2D eigenvalue weighted by Crippen LogP contribution is 2.27. The summed E-state index contributed by atoms with van der Waals surface area (Å²) in [7, 11) is 1.46. The maximum atomic E-state index is 12.5. The van der Waals surface area contributed by atoms with Gasteiger partial charge in [-0.15, -0.1) is 0 Å². The van der Waals surface area contributed by atoms with E-state index in [1.165, 1.54) is 14.0 Å². The van der Waals surface area contributed by atoms with Gasteiger partial charge in [-0.25, -0.2) is 0 Å². The molecule has 120 valence electrons. The summed E-state index contributed by atoms with van der Waals surface area (Å²) < 4.78 is 5.29. The Morgan fingerprint density at radius 1 is 1.04 bits per heavy atom. The first-order valence-electron chi connectivity index (χ1n) is 6.97. The molecule has 0 heterocycles. The Bertz CT molecular complexity index is 704. The molecule has 1 atom stereocenters. The number of carbonyl (C=O) groups is 2. The smallest absolute Gasteiger partial charge is 0.258 e. The van der Waals surface area contributed by atoms with Crippen molar-refractivity contribution in [3.63, 3.8) is 0 Å². The molecule has 0 fully saturated rings. The number of carbonyl (C=O) groups excluding carboxylic acids is 2. The van der Waals surface area contributed by atoms with E-state index in [1.54, 1.807) is 30.3 Å². The summed E-state index contributed by atoms with van der Waals surface area (Å²) in [4.78, 5) is 23.8. The van der Waals surface area contributed by atoms with E-state index in [0.717, 1.165) is 5.56 Å². The first-order chi connectivity index (χ1) is 11.0. The molecule has 23 heavy (non-hydrogen) atoms. The van der Waals surface area contributed by atoms with Crippen LogP contribution in [0.3, 0.4) is 0 Å². The Morgan fingerprint density at radius 3 is 2.35 bits per heavy atom. The fourth-order valence-electron chi connectivity index (χ4n) is 2.14. The SMILES string of the molecule is COC(C(=O)Nc1cc(Cl)ccc1NC(C)=O)c1ccccc1. The predicted molar refractivity (Wildman–Crippen MR) is 90.6 cm³/mol. The first kappa shape index (κ1) is 17.0. The van der Waals surface area contributed by atoms with Crippen LogP contribution in [0.25, 0.3) is 0 Å². The molecule has 2 amide bonds. The second-order valence-corrected chi connectivity index (χ2v) is 5.32. The zero-order valence-electron chi connectivity index (χ0n) is 12.8. The van der Waals surface area contributed by atoms with Crippen LogP contribution in [0.1, 0.15) is 18.6 Å². The Balaban J connectivity index is 2.25. The minimum absolute atomic E-state index is 0.242. The molecule has 0 saturated carbocycles. The molecule has 0 aliphatic rings. The van der Waals surface area contributed by atoms with Crippen LogP contribution in [0.4, 0.5) is 11.4 Å². The van der Waals surface area contributed by atoms with Gasteiger partial charge >= 0.3 is 0 Å². The molecule has 2 aromatic rings. The Labute approximate surface area is 139 Å². The molecule has 1 unspecified atom stereocenters. The third-order valence-corrected chi connectivity index (χ3v) is 3.36. The zero-order valence-corrected chi connectivity index (χ0v) is 13.6. The highest BCUT2D eigenvalue weighted by molar-refractivity contribution is 6.31. The number of ether oxygens (including phenoxy) is 1. The van der Waals surface area contributed by atoms with E-state index < -0.39 is 6.10 Å². The van der Waals surface area contributed by atoms with Gasteiger partial charge in [0.2, 0.25) is 5.91 Å². The maximum absolute atomic E-state index is 12.5. The van der Waals surface area contributed by atoms with Gasteiger partial charge < -0.3 is 15.4 Å². The standard InChI is InChI=1S/C17H17ClN2O3/c1-11(21)19-14-9-8-13(18)10-15(14)20-17(22)16(23-2)12-6-4-3-5-7-12/h3-10,16H,1-2H3,(H,19,21)(H,20,22). The van der Waals surface area contributed by atoms with E-state index in [-0.39, 0.29) is 11.8 Å². The fourth-order valence-corrected chi connectivity index (χ4v) is 2.31. The number of hydrogen-bond donors (Lipinski definition) is 2. The molecule has 0 aromatic heterocycles. The van der Waals surface area contributed by atoms with Gasteiger partial charge in [0.25, 0.3) is 5.91 Å². The molecule has 0 aliphatic carbocycles. The molecule has 2 aromatic carbocycles. The van der Waals surface area contributed by atoms with Crippen molar-refractivity contribution >= 4 is 34.8 Å². The Morgan fingerprint density at radius 2 is 1.74 bits per heavy atom. The lowest BCUT2D eigenvalue weighted by Crippen LogP contribution is -2.23. The van der Waals surface area contributed by atoms with Crippen molar-refractivity contribution in [3.05, 3.63) is 59.1 Å². The van der Waals surface area contributed by atoms with E-state index in [2.05, 4.69) is 10.6 Å². The van der Waals surface area contributed by atoms with Crippen LogP contribution in [-0.4, -0.2) is 18.9 Å². The van der Waals surface area contributed by atoms with Gasteiger partial charge in [-0.2, -0.15) is 0 Å². The second-order valence-electron chi connectivity index (χ2n) is 4.89. The van der Waals surface area contributed by atoms with Crippen LogP contribution >= 0.6 is 11.6 Å². The van der Waals surface area contributed by atoms with Crippen LogP contribution < -0.4 is 10.6 Å². The van der Waals surface area contributed by atoms with Gasteiger partial charge in [-0.05, 0) is 23.8 Å². The van der Waals surface area contributed by atoms with E-state index in [4.69, 9.17) is 16.3 Å². The van der Waals surface area contributed by atoms with Crippen molar-refractivity contribution in [1.82, 2.24) is 0 Å². The monoisotopic (exact) mass is 332 g/mol. The number of benzene rings is 2. The number of nitrogens with one attached hydrogen (secondary N) is 2. The van der Waals surface area contributed by atoms with Crippen LogP contribution in [0.2, 0.25) is 5.02 Å². The average Bonchev–Trinajstić information content (AvgIpc) is 2.51. The molecule has 2 rings (SSSR count). The number of hydrogen-bond acceptors (Lipinski definition) is 3. The number of rotatable bonds is 5. The molecular weight excluding hydrogens is 316 g/mol.